The van der Waals surface area contributed by atoms with E-state index in [0.717, 1.165) is 26.2 Å². The molecule has 4 N–H and O–H groups in total. The van der Waals surface area contributed by atoms with Gasteiger partial charge in [0.15, 0.2) is 0 Å². The van der Waals surface area contributed by atoms with Gasteiger partial charge in [-0.2, -0.15) is 0 Å². The van der Waals surface area contributed by atoms with E-state index < -0.39 is 0 Å². The fraction of sp³-hybridized carbons (Fsp3) is 1.00. The molecule has 1 aliphatic carbocycles. The highest BCUT2D eigenvalue weighted by Crippen LogP contribution is 2.38. The van der Waals surface area contributed by atoms with Crippen molar-refractivity contribution in [3.05, 3.63) is 0 Å². The molecule has 0 amide bonds. The number of rotatable bonds is 0. The monoisotopic (exact) mass is 182 g/mol. The Morgan fingerprint density at radius 2 is 1.00 bits per heavy atom. The van der Waals surface area contributed by atoms with Gasteiger partial charge in [-0.25, -0.2) is 0 Å². The summed E-state index contributed by atoms with van der Waals surface area (Å²) >= 11 is 0. The predicted octanol–water partition coefficient (Wildman–Crippen LogP) is -1.05. The van der Waals surface area contributed by atoms with Crippen LogP contribution in [0.3, 0.4) is 0 Å². The van der Waals surface area contributed by atoms with E-state index >= 15 is 0 Å². The minimum Gasteiger partial charge on any atom is -0.295 e. The first kappa shape index (κ1) is 8.17. The Balaban J connectivity index is 1.96. The zero-order chi connectivity index (χ0) is 8.78. The Morgan fingerprint density at radius 3 is 1.38 bits per heavy atom. The van der Waals surface area contributed by atoms with Gasteiger partial charge in [0.2, 0.25) is 0 Å². The first-order valence-electron chi connectivity index (χ1n) is 5.37. The fourth-order valence-electron chi connectivity index (χ4n) is 3.23. The summed E-state index contributed by atoms with van der Waals surface area (Å²) in [7, 11) is 0. The minimum atomic E-state index is 0.142. The Labute approximate surface area is 78.8 Å². The maximum absolute atomic E-state index is 3.65. The summed E-state index contributed by atoms with van der Waals surface area (Å²) in [6.45, 7) is 4.32. The first-order chi connectivity index (χ1) is 6.37. The number of piperazine rings is 2. The molecule has 0 bridgehead atoms. The number of hydrogen-bond acceptors (Lipinski definition) is 4. The molecule has 4 nitrogen and oxygen atoms in total. The molecule has 0 spiro atoms. The van der Waals surface area contributed by atoms with Crippen LogP contribution in [0.25, 0.3) is 0 Å². The van der Waals surface area contributed by atoms with Crippen molar-refractivity contribution in [2.75, 3.05) is 26.2 Å². The van der Waals surface area contributed by atoms with Crippen LogP contribution in [0.2, 0.25) is 0 Å². The molecule has 2 aliphatic heterocycles. The van der Waals surface area contributed by atoms with Crippen LogP contribution in [-0.4, -0.2) is 37.5 Å². The van der Waals surface area contributed by atoms with Crippen LogP contribution in [0, 0.1) is 0 Å². The second kappa shape index (κ2) is 2.67. The van der Waals surface area contributed by atoms with E-state index in [2.05, 4.69) is 21.3 Å². The lowest BCUT2D eigenvalue weighted by molar-refractivity contribution is 0.0389. The van der Waals surface area contributed by atoms with Crippen LogP contribution in [0.4, 0.5) is 0 Å². The SMILES string of the molecule is C1CC23NCCNC2(C1)NCCN3. The van der Waals surface area contributed by atoms with Crippen molar-refractivity contribution in [3.8, 4) is 0 Å². The molecular weight excluding hydrogens is 164 g/mol. The summed E-state index contributed by atoms with van der Waals surface area (Å²) in [5.41, 5.74) is 0.285. The van der Waals surface area contributed by atoms with Crippen LogP contribution >= 0.6 is 0 Å². The Morgan fingerprint density at radius 1 is 0.615 bits per heavy atom. The van der Waals surface area contributed by atoms with Gasteiger partial charge in [0.05, 0.1) is 0 Å². The molecule has 3 fully saturated rings. The minimum absolute atomic E-state index is 0.142. The highest BCUT2D eigenvalue weighted by molar-refractivity contribution is 5.15. The summed E-state index contributed by atoms with van der Waals surface area (Å²) in [6, 6.07) is 0. The molecule has 0 radical (unpaired) electrons. The van der Waals surface area contributed by atoms with Gasteiger partial charge < -0.3 is 0 Å². The Hall–Kier alpha value is -0.160. The van der Waals surface area contributed by atoms with E-state index in [-0.39, 0.29) is 11.3 Å². The topological polar surface area (TPSA) is 48.1 Å². The van der Waals surface area contributed by atoms with E-state index in [1.54, 1.807) is 0 Å². The number of nitrogens with one attached hydrogen (secondary N) is 4. The van der Waals surface area contributed by atoms with E-state index in [4.69, 9.17) is 0 Å². The van der Waals surface area contributed by atoms with Crippen molar-refractivity contribution in [1.82, 2.24) is 21.3 Å². The van der Waals surface area contributed by atoms with Gasteiger partial charge >= 0.3 is 0 Å². The molecule has 2 saturated heterocycles. The maximum atomic E-state index is 3.65. The summed E-state index contributed by atoms with van der Waals surface area (Å²) in [6.07, 6.45) is 3.79. The highest BCUT2D eigenvalue weighted by atomic mass is 15.4. The maximum Gasteiger partial charge on any atom is 0.101 e. The third-order valence-corrected chi connectivity index (χ3v) is 3.79. The lowest BCUT2D eigenvalue weighted by Crippen LogP contribution is -2.85. The van der Waals surface area contributed by atoms with Crippen LogP contribution in [0.15, 0.2) is 0 Å². The van der Waals surface area contributed by atoms with Gasteiger partial charge in [0.25, 0.3) is 0 Å². The van der Waals surface area contributed by atoms with Crippen molar-refractivity contribution < 1.29 is 0 Å². The second-order valence-electron chi connectivity index (χ2n) is 4.37. The Kier molecular flexibility index (Phi) is 1.68. The highest BCUT2D eigenvalue weighted by Gasteiger charge is 2.57. The van der Waals surface area contributed by atoms with E-state index in [9.17, 15) is 0 Å². The first-order valence-corrected chi connectivity index (χ1v) is 5.37. The smallest absolute Gasteiger partial charge is 0.101 e. The standard InChI is InChI=1S/C9H18N4/c1-2-8-9(3-1,12-6-4-10-8)13-7-5-11-8/h10-13H,1-7H2. The number of hydrogen-bond donors (Lipinski definition) is 4. The van der Waals surface area contributed by atoms with E-state index in [1.807, 2.05) is 0 Å². The molecule has 13 heavy (non-hydrogen) atoms. The molecule has 0 aromatic rings. The summed E-state index contributed by atoms with van der Waals surface area (Å²) in [5.74, 6) is 0. The lowest BCUT2D eigenvalue weighted by atomic mass is 9.91. The average Bonchev–Trinajstić information content (AvgIpc) is 2.56. The molecule has 0 aromatic carbocycles. The fourth-order valence-corrected chi connectivity index (χ4v) is 3.23. The average molecular weight is 182 g/mol. The van der Waals surface area contributed by atoms with Crippen molar-refractivity contribution in [1.29, 1.82) is 0 Å². The molecule has 74 valence electrons. The van der Waals surface area contributed by atoms with Crippen LogP contribution < -0.4 is 21.3 Å². The normalized spacial score (nSPS) is 49.8. The molecule has 4 heteroatoms. The lowest BCUT2D eigenvalue weighted by Gasteiger charge is -2.54. The van der Waals surface area contributed by atoms with Gasteiger partial charge in [0.1, 0.15) is 11.3 Å². The third-order valence-electron chi connectivity index (χ3n) is 3.79. The predicted molar refractivity (Wildman–Crippen MR) is 51.3 cm³/mol. The van der Waals surface area contributed by atoms with Crippen molar-refractivity contribution in [2.45, 2.75) is 30.6 Å². The second-order valence-corrected chi connectivity index (χ2v) is 4.37. The summed E-state index contributed by atoms with van der Waals surface area (Å²) in [5, 5.41) is 14.6. The molecule has 0 aromatic heterocycles. The van der Waals surface area contributed by atoms with Crippen LogP contribution in [-0.2, 0) is 0 Å². The van der Waals surface area contributed by atoms with Gasteiger partial charge in [-0.05, 0) is 19.3 Å². The Bertz CT molecular complexity index is 182. The molecule has 3 rings (SSSR count). The molecule has 0 atom stereocenters. The van der Waals surface area contributed by atoms with E-state index in [0.29, 0.717) is 0 Å². The zero-order valence-corrected chi connectivity index (χ0v) is 7.95. The van der Waals surface area contributed by atoms with Crippen molar-refractivity contribution in [2.24, 2.45) is 0 Å². The van der Waals surface area contributed by atoms with Crippen molar-refractivity contribution >= 4 is 0 Å². The van der Waals surface area contributed by atoms with Crippen molar-refractivity contribution in [3.63, 3.8) is 0 Å². The third kappa shape index (κ3) is 0.944. The van der Waals surface area contributed by atoms with Gasteiger partial charge in [0, 0.05) is 26.2 Å². The molecule has 2 heterocycles. The van der Waals surface area contributed by atoms with Crippen LogP contribution in [0.1, 0.15) is 19.3 Å². The quantitative estimate of drug-likeness (QED) is 0.386. The molecule has 3 aliphatic rings. The summed E-state index contributed by atoms with van der Waals surface area (Å²) in [4.78, 5) is 0. The van der Waals surface area contributed by atoms with Gasteiger partial charge in [-0.1, -0.05) is 0 Å². The van der Waals surface area contributed by atoms with Crippen LogP contribution in [0.5, 0.6) is 0 Å². The van der Waals surface area contributed by atoms with E-state index in [1.165, 1.54) is 19.3 Å². The molecular formula is C9H18N4. The van der Waals surface area contributed by atoms with Gasteiger partial charge in [-0.3, -0.25) is 21.3 Å². The van der Waals surface area contributed by atoms with Gasteiger partial charge in [-0.15, -0.1) is 0 Å². The molecule has 1 saturated carbocycles. The summed E-state index contributed by atoms with van der Waals surface area (Å²) < 4.78 is 0. The largest absolute Gasteiger partial charge is 0.295 e. The molecule has 0 unspecified atom stereocenters. The zero-order valence-electron chi connectivity index (χ0n) is 7.95.